The summed E-state index contributed by atoms with van der Waals surface area (Å²) in [4.78, 5) is 0. The van der Waals surface area contributed by atoms with Crippen molar-refractivity contribution in [3.8, 4) is 0 Å². The molecule has 0 rings (SSSR count). The van der Waals surface area contributed by atoms with Gasteiger partial charge in [0.05, 0.1) is 6.61 Å². The van der Waals surface area contributed by atoms with E-state index in [9.17, 15) is 0 Å². The van der Waals surface area contributed by atoms with Crippen LogP contribution in [0, 0.1) is 0 Å². The van der Waals surface area contributed by atoms with Crippen LogP contribution in [0.15, 0.2) is 0 Å². The van der Waals surface area contributed by atoms with Crippen LogP contribution in [0.3, 0.4) is 0 Å². The standard InChI is InChI=1S/C5H13NOS/c1-5(6)4-8-3-2-7/h5,7H,2-4,6H2,1H3/t5-/m0/s1. The van der Waals surface area contributed by atoms with Crippen molar-refractivity contribution in [1.82, 2.24) is 0 Å². The molecular weight excluding hydrogens is 122 g/mol. The lowest BCUT2D eigenvalue weighted by molar-refractivity contribution is 0.322. The van der Waals surface area contributed by atoms with Gasteiger partial charge in [-0.25, -0.2) is 0 Å². The summed E-state index contributed by atoms with van der Waals surface area (Å²) in [5.74, 6) is 1.75. The van der Waals surface area contributed by atoms with Crippen molar-refractivity contribution in [2.75, 3.05) is 18.1 Å². The highest BCUT2D eigenvalue weighted by Gasteiger charge is 1.91. The molecule has 0 saturated carbocycles. The first kappa shape index (κ1) is 8.27. The zero-order valence-corrected chi connectivity index (χ0v) is 5.95. The van der Waals surface area contributed by atoms with E-state index in [1.54, 1.807) is 11.8 Å². The maximum atomic E-state index is 8.32. The molecule has 0 fully saturated rings. The Hall–Kier alpha value is 0.270. The first-order valence-electron chi connectivity index (χ1n) is 2.71. The van der Waals surface area contributed by atoms with Crippen LogP contribution in [0.25, 0.3) is 0 Å². The highest BCUT2D eigenvalue weighted by atomic mass is 32.2. The number of hydrogen-bond donors (Lipinski definition) is 2. The van der Waals surface area contributed by atoms with Crippen molar-refractivity contribution >= 4 is 11.8 Å². The molecule has 0 amide bonds. The first-order chi connectivity index (χ1) is 3.77. The molecule has 0 spiro atoms. The second-order valence-corrected chi connectivity index (χ2v) is 2.93. The van der Waals surface area contributed by atoms with Crippen molar-refractivity contribution in [3.05, 3.63) is 0 Å². The normalized spacial score (nSPS) is 13.9. The van der Waals surface area contributed by atoms with E-state index in [0.717, 1.165) is 11.5 Å². The van der Waals surface area contributed by atoms with Gasteiger partial charge in [0.25, 0.3) is 0 Å². The van der Waals surface area contributed by atoms with Gasteiger partial charge in [0, 0.05) is 17.5 Å². The van der Waals surface area contributed by atoms with Gasteiger partial charge >= 0.3 is 0 Å². The van der Waals surface area contributed by atoms with Gasteiger partial charge in [-0.15, -0.1) is 0 Å². The lowest BCUT2D eigenvalue weighted by atomic mass is 10.4. The average molecular weight is 135 g/mol. The average Bonchev–Trinajstić information content (AvgIpc) is 1.66. The summed E-state index contributed by atoms with van der Waals surface area (Å²) in [6, 6.07) is 0.256. The molecule has 0 radical (unpaired) electrons. The quantitative estimate of drug-likeness (QED) is 0.536. The zero-order chi connectivity index (χ0) is 6.41. The van der Waals surface area contributed by atoms with E-state index >= 15 is 0 Å². The summed E-state index contributed by atoms with van der Waals surface area (Å²) >= 11 is 1.69. The number of rotatable bonds is 4. The maximum Gasteiger partial charge on any atom is 0.0521 e. The van der Waals surface area contributed by atoms with Crippen LogP contribution in [0.4, 0.5) is 0 Å². The number of aliphatic hydroxyl groups is 1. The topological polar surface area (TPSA) is 46.2 Å². The molecule has 50 valence electrons. The Morgan fingerprint density at radius 2 is 2.38 bits per heavy atom. The molecule has 0 unspecified atom stereocenters. The molecule has 1 atom stereocenters. The van der Waals surface area contributed by atoms with E-state index in [-0.39, 0.29) is 12.6 Å². The number of hydrogen-bond acceptors (Lipinski definition) is 3. The van der Waals surface area contributed by atoms with Crippen molar-refractivity contribution in [1.29, 1.82) is 0 Å². The molecular formula is C5H13NOS. The van der Waals surface area contributed by atoms with Crippen molar-refractivity contribution in [3.63, 3.8) is 0 Å². The third-order valence-corrected chi connectivity index (χ3v) is 1.85. The lowest BCUT2D eigenvalue weighted by Gasteiger charge is -2.00. The molecule has 0 saturated heterocycles. The van der Waals surface area contributed by atoms with E-state index in [4.69, 9.17) is 10.8 Å². The van der Waals surface area contributed by atoms with E-state index < -0.39 is 0 Å². The van der Waals surface area contributed by atoms with Crippen LogP contribution in [0.5, 0.6) is 0 Å². The predicted octanol–water partition coefficient (Wildman–Crippen LogP) is 0.0591. The summed E-state index contributed by atoms with van der Waals surface area (Å²) in [7, 11) is 0. The molecule has 0 aromatic heterocycles. The van der Waals surface area contributed by atoms with Crippen LogP contribution >= 0.6 is 11.8 Å². The van der Waals surface area contributed by atoms with Gasteiger partial charge in [0.2, 0.25) is 0 Å². The third kappa shape index (κ3) is 6.27. The fourth-order valence-electron chi connectivity index (χ4n) is 0.334. The molecule has 0 heterocycles. The molecule has 3 N–H and O–H groups in total. The Labute approximate surface area is 54.5 Å². The van der Waals surface area contributed by atoms with Gasteiger partial charge < -0.3 is 10.8 Å². The molecule has 8 heavy (non-hydrogen) atoms. The molecule has 0 bridgehead atoms. The van der Waals surface area contributed by atoms with Crippen molar-refractivity contribution in [2.24, 2.45) is 5.73 Å². The van der Waals surface area contributed by atoms with Crippen molar-refractivity contribution < 1.29 is 5.11 Å². The molecule has 3 heteroatoms. The van der Waals surface area contributed by atoms with Gasteiger partial charge in [0.1, 0.15) is 0 Å². The number of nitrogens with two attached hydrogens (primary N) is 1. The summed E-state index contributed by atoms with van der Waals surface area (Å²) < 4.78 is 0. The monoisotopic (exact) mass is 135 g/mol. The SMILES string of the molecule is C[C@H](N)CSCCO. The fraction of sp³-hybridized carbons (Fsp3) is 1.00. The van der Waals surface area contributed by atoms with Crippen LogP contribution in [0.2, 0.25) is 0 Å². The summed E-state index contributed by atoms with van der Waals surface area (Å²) in [6.07, 6.45) is 0. The van der Waals surface area contributed by atoms with Crippen LogP contribution in [-0.2, 0) is 0 Å². The van der Waals surface area contributed by atoms with Gasteiger partial charge in [-0.05, 0) is 6.92 Å². The second-order valence-electron chi connectivity index (χ2n) is 1.78. The Bertz CT molecular complexity index is 49.7. The highest BCUT2D eigenvalue weighted by Crippen LogP contribution is 1.98. The molecule has 0 aliphatic carbocycles. The van der Waals surface area contributed by atoms with Gasteiger partial charge in [-0.3, -0.25) is 0 Å². The Balaban J connectivity index is 2.72. The third-order valence-electron chi connectivity index (χ3n) is 0.616. The minimum absolute atomic E-state index is 0.256. The van der Waals surface area contributed by atoms with E-state index in [1.807, 2.05) is 6.92 Å². The smallest absolute Gasteiger partial charge is 0.0521 e. The van der Waals surface area contributed by atoms with Gasteiger partial charge in [-0.2, -0.15) is 11.8 Å². The highest BCUT2D eigenvalue weighted by molar-refractivity contribution is 7.99. The minimum atomic E-state index is 0.256. The Morgan fingerprint density at radius 1 is 1.75 bits per heavy atom. The number of aliphatic hydroxyl groups excluding tert-OH is 1. The molecule has 0 aromatic carbocycles. The van der Waals surface area contributed by atoms with E-state index in [1.165, 1.54) is 0 Å². The van der Waals surface area contributed by atoms with Gasteiger partial charge in [0.15, 0.2) is 0 Å². The summed E-state index contributed by atoms with van der Waals surface area (Å²) in [5, 5.41) is 8.32. The minimum Gasteiger partial charge on any atom is -0.396 e. The second kappa shape index (κ2) is 5.41. The molecule has 0 aliphatic rings. The predicted molar refractivity (Wildman–Crippen MR) is 38.1 cm³/mol. The Kier molecular flexibility index (Phi) is 5.59. The van der Waals surface area contributed by atoms with Gasteiger partial charge in [-0.1, -0.05) is 0 Å². The molecule has 0 aromatic rings. The van der Waals surface area contributed by atoms with E-state index in [0.29, 0.717) is 0 Å². The zero-order valence-electron chi connectivity index (χ0n) is 5.13. The fourth-order valence-corrected chi connectivity index (χ4v) is 1.00. The largest absolute Gasteiger partial charge is 0.396 e. The Morgan fingerprint density at radius 3 is 2.75 bits per heavy atom. The number of thioether (sulfide) groups is 1. The van der Waals surface area contributed by atoms with Crippen LogP contribution in [-0.4, -0.2) is 29.3 Å². The van der Waals surface area contributed by atoms with Crippen LogP contribution in [0.1, 0.15) is 6.92 Å². The summed E-state index contributed by atoms with van der Waals surface area (Å²) in [6.45, 7) is 2.22. The first-order valence-corrected chi connectivity index (χ1v) is 3.87. The van der Waals surface area contributed by atoms with Crippen molar-refractivity contribution in [2.45, 2.75) is 13.0 Å². The maximum absolute atomic E-state index is 8.32. The van der Waals surface area contributed by atoms with E-state index in [2.05, 4.69) is 0 Å². The molecule has 2 nitrogen and oxygen atoms in total. The van der Waals surface area contributed by atoms with Crippen LogP contribution < -0.4 is 5.73 Å². The lowest BCUT2D eigenvalue weighted by Crippen LogP contribution is -2.17. The molecule has 0 aliphatic heterocycles. The summed E-state index contributed by atoms with van der Waals surface area (Å²) in [5.41, 5.74) is 5.43.